The van der Waals surface area contributed by atoms with E-state index in [1.165, 1.54) is 18.2 Å². The van der Waals surface area contributed by atoms with Gasteiger partial charge in [0.1, 0.15) is 0 Å². The summed E-state index contributed by atoms with van der Waals surface area (Å²) in [6.45, 7) is 9.00. The Bertz CT molecular complexity index is 1100. The normalized spacial score (nSPS) is 16.1. The summed E-state index contributed by atoms with van der Waals surface area (Å²) in [7, 11) is -7.60. The van der Waals surface area contributed by atoms with Crippen LogP contribution in [0.3, 0.4) is 0 Å². The summed E-state index contributed by atoms with van der Waals surface area (Å²) in [6.07, 6.45) is 2.10. The van der Waals surface area contributed by atoms with Crippen LogP contribution in [0, 0.1) is 12.8 Å². The number of nitrogens with one attached hydrogen (secondary N) is 1. The average Bonchev–Trinajstić information content (AvgIpc) is 2.68. The molecule has 1 fully saturated rings. The first-order valence-corrected chi connectivity index (χ1v) is 13.3. The highest BCUT2D eigenvalue weighted by Gasteiger charge is 2.27. The van der Waals surface area contributed by atoms with Crippen molar-refractivity contribution in [1.82, 2.24) is 0 Å². The van der Waals surface area contributed by atoms with Crippen LogP contribution < -0.4 is 9.62 Å². The van der Waals surface area contributed by atoms with Crippen LogP contribution in [0.5, 0.6) is 0 Å². The van der Waals surface area contributed by atoms with Gasteiger partial charge in [-0.3, -0.25) is 4.72 Å². The van der Waals surface area contributed by atoms with Crippen molar-refractivity contribution in [2.24, 2.45) is 5.92 Å². The van der Waals surface area contributed by atoms with Gasteiger partial charge in [-0.15, -0.1) is 0 Å². The lowest BCUT2D eigenvalue weighted by atomic mass is 9.99. The molecule has 0 radical (unpaired) electrons. The van der Waals surface area contributed by atoms with Crippen LogP contribution in [0.2, 0.25) is 0 Å². The van der Waals surface area contributed by atoms with Gasteiger partial charge in [-0.1, -0.05) is 24.6 Å². The number of piperidine rings is 1. The predicted molar refractivity (Wildman–Crippen MR) is 121 cm³/mol. The second kappa shape index (κ2) is 8.59. The molecular weight excluding hydrogens is 420 g/mol. The van der Waals surface area contributed by atoms with E-state index in [0.29, 0.717) is 5.92 Å². The van der Waals surface area contributed by atoms with Crippen molar-refractivity contribution in [1.29, 1.82) is 0 Å². The van der Waals surface area contributed by atoms with E-state index in [1.54, 1.807) is 38.1 Å². The molecule has 1 aliphatic rings. The van der Waals surface area contributed by atoms with Gasteiger partial charge in [0.25, 0.3) is 10.0 Å². The molecule has 1 heterocycles. The van der Waals surface area contributed by atoms with Crippen molar-refractivity contribution in [3.05, 3.63) is 48.0 Å². The molecule has 1 N–H and O–H groups in total. The molecule has 0 bridgehead atoms. The van der Waals surface area contributed by atoms with Crippen molar-refractivity contribution < 1.29 is 16.8 Å². The van der Waals surface area contributed by atoms with Crippen LogP contribution in [0.4, 0.5) is 11.4 Å². The standard InChI is InChI=1S/C22H30N2O4S2/c1-16(2)29(25,26)22-10-7-19(24-13-11-18(4)12-14-24)15-21(22)23-30(27,28)20-8-5-17(3)6-9-20/h5-10,15-16,18,23H,11-14H2,1-4H3. The van der Waals surface area contributed by atoms with Gasteiger partial charge < -0.3 is 4.90 Å². The van der Waals surface area contributed by atoms with Gasteiger partial charge in [0.15, 0.2) is 9.84 Å². The first kappa shape index (κ1) is 22.6. The predicted octanol–water partition coefficient (Wildman–Crippen LogP) is 4.21. The van der Waals surface area contributed by atoms with Crippen LogP contribution >= 0.6 is 0 Å². The van der Waals surface area contributed by atoms with Crippen molar-refractivity contribution in [2.75, 3.05) is 22.7 Å². The SMILES string of the molecule is Cc1ccc(S(=O)(=O)Nc2cc(N3CCC(C)CC3)ccc2S(=O)(=O)C(C)C)cc1. The van der Waals surface area contributed by atoms with Crippen LogP contribution in [-0.4, -0.2) is 35.2 Å². The first-order valence-electron chi connectivity index (χ1n) is 10.2. The Morgan fingerprint density at radius 3 is 2.13 bits per heavy atom. The van der Waals surface area contributed by atoms with Crippen molar-refractivity contribution in [2.45, 2.75) is 55.6 Å². The van der Waals surface area contributed by atoms with Gasteiger partial charge in [-0.25, -0.2) is 16.8 Å². The second-order valence-corrected chi connectivity index (χ2v) is 12.5. The van der Waals surface area contributed by atoms with Crippen LogP contribution in [0.15, 0.2) is 52.3 Å². The molecule has 3 rings (SSSR count). The molecule has 164 valence electrons. The Balaban J connectivity index is 2.04. The number of aryl methyl sites for hydroxylation is 1. The number of sulfone groups is 1. The fraction of sp³-hybridized carbons (Fsp3) is 0.455. The molecule has 0 unspecified atom stereocenters. The summed E-state index contributed by atoms with van der Waals surface area (Å²) in [5.74, 6) is 0.654. The van der Waals surface area contributed by atoms with Crippen LogP contribution in [0.1, 0.15) is 39.2 Å². The minimum absolute atomic E-state index is 0.00214. The minimum Gasteiger partial charge on any atom is -0.371 e. The van der Waals surface area contributed by atoms with E-state index >= 15 is 0 Å². The zero-order chi connectivity index (χ0) is 22.1. The zero-order valence-corrected chi connectivity index (χ0v) is 19.6. The highest BCUT2D eigenvalue weighted by molar-refractivity contribution is 7.93. The molecule has 0 aromatic heterocycles. The molecule has 2 aromatic carbocycles. The zero-order valence-electron chi connectivity index (χ0n) is 17.9. The summed E-state index contributed by atoms with van der Waals surface area (Å²) in [5.41, 5.74) is 1.87. The quantitative estimate of drug-likeness (QED) is 0.713. The number of nitrogens with zero attached hydrogens (tertiary/aromatic N) is 1. The largest absolute Gasteiger partial charge is 0.371 e. The van der Waals surface area contributed by atoms with Gasteiger partial charge in [-0.2, -0.15) is 0 Å². The van der Waals surface area contributed by atoms with Gasteiger partial charge in [0, 0.05) is 18.8 Å². The topological polar surface area (TPSA) is 83.6 Å². The lowest BCUT2D eigenvalue weighted by molar-refractivity contribution is 0.438. The summed E-state index contributed by atoms with van der Waals surface area (Å²) < 4.78 is 54.3. The molecule has 0 amide bonds. The molecule has 2 aromatic rings. The molecular formula is C22H30N2O4S2. The monoisotopic (exact) mass is 450 g/mol. The second-order valence-electron chi connectivity index (χ2n) is 8.36. The van der Waals surface area contributed by atoms with E-state index in [4.69, 9.17) is 0 Å². The van der Waals surface area contributed by atoms with E-state index in [-0.39, 0.29) is 15.5 Å². The third-order valence-corrected chi connectivity index (χ3v) is 9.21. The Labute approximate surface area is 180 Å². The van der Waals surface area contributed by atoms with E-state index in [0.717, 1.165) is 37.2 Å². The maximum Gasteiger partial charge on any atom is 0.261 e. The molecule has 30 heavy (non-hydrogen) atoms. The number of hydrogen-bond acceptors (Lipinski definition) is 5. The lowest BCUT2D eigenvalue weighted by Crippen LogP contribution is -2.33. The number of hydrogen-bond donors (Lipinski definition) is 1. The Morgan fingerprint density at radius 2 is 1.57 bits per heavy atom. The summed E-state index contributed by atoms with van der Waals surface area (Å²) in [6, 6.07) is 11.4. The molecule has 1 aliphatic heterocycles. The lowest BCUT2D eigenvalue weighted by Gasteiger charge is -2.32. The summed E-state index contributed by atoms with van der Waals surface area (Å²) >= 11 is 0. The number of sulfonamides is 1. The maximum atomic E-state index is 13.0. The van der Waals surface area contributed by atoms with Crippen molar-refractivity contribution >= 4 is 31.2 Å². The van der Waals surface area contributed by atoms with E-state index in [9.17, 15) is 16.8 Å². The van der Waals surface area contributed by atoms with E-state index in [1.807, 2.05) is 6.92 Å². The number of anilines is 2. The fourth-order valence-electron chi connectivity index (χ4n) is 3.48. The molecule has 1 saturated heterocycles. The molecule has 0 aliphatic carbocycles. The molecule has 0 spiro atoms. The van der Waals surface area contributed by atoms with Crippen LogP contribution in [-0.2, 0) is 19.9 Å². The fourth-order valence-corrected chi connectivity index (χ4v) is 5.80. The summed E-state index contributed by atoms with van der Waals surface area (Å²) in [4.78, 5) is 2.27. The van der Waals surface area contributed by atoms with Gasteiger partial charge in [-0.05, 0) is 69.9 Å². The molecule has 0 saturated carbocycles. The van der Waals surface area contributed by atoms with Crippen molar-refractivity contribution in [3.63, 3.8) is 0 Å². The molecule has 8 heteroatoms. The third-order valence-electron chi connectivity index (χ3n) is 5.61. The number of benzene rings is 2. The average molecular weight is 451 g/mol. The van der Waals surface area contributed by atoms with E-state index in [2.05, 4.69) is 16.5 Å². The molecule has 6 nitrogen and oxygen atoms in total. The minimum atomic E-state index is -3.93. The van der Waals surface area contributed by atoms with Gasteiger partial charge in [0.05, 0.1) is 20.7 Å². The Morgan fingerprint density at radius 1 is 0.967 bits per heavy atom. The Kier molecular flexibility index (Phi) is 6.48. The highest BCUT2D eigenvalue weighted by atomic mass is 32.2. The number of rotatable bonds is 6. The Hall–Kier alpha value is -2.06. The van der Waals surface area contributed by atoms with Gasteiger partial charge in [0.2, 0.25) is 0 Å². The van der Waals surface area contributed by atoms with Crippen LogP contribution in [0.25, 0.3) is 0 Å². The summed E-state index contributed by atoms with van der Waals surface area (Å²) in [5, 5.41) is -0.665. The molecule has 0 atom stereocenters. The van der Waals surface area contributed by atoms with Gasteiger partial charge >= 0.3 is 0 Å². The smallest absolute Gasteiger partial charge is 0.261 e. The maximum absolute atomic E-state index is 13.0. The van der Waals surface area contributed by atoms with Crippen molar-refractivity contribution in [3.8, 4) is 0 Å². The van der Waals surface area contributed by atoms with E-state index < -0.39 is 25.1 Å². The third kappa shape index (κ3) is 4.81. The first-order chi connectivity index (χ1) is 14.0. The highest BCUT2D eigenvalue weighted by Crippen LogP contribution is 2.33.